The number of nitrogens with zero attached hydrogens (tertiary/aromatic N) is 5. The summed E-state index contributed by atoms with van der Waals surface area (Å²) < 4.78 is 42.4. The number of benzene rings is 1. The number of fused-ring (bicyclic) bond motifs is 1. The summed E-state index contributed by atoms with van der Waals surface area (Å²) in [5, 5.41) is 0. The van der Waals surface area contributed by atoms with Crippen LogP contribution < -0.4 is 4.90 Å². The van der Waals surface area contributed by atoms with E-state index in [1.807, 2.05) is 10.5 Å². The quantitative estimate of drug-likeness (QED) is 0.289. The molecule has 0 unspecified atom stereocenters. The molecule has 2 aliphatic rings. The molecule has 0 N–H and O–H groups in total. The molecule has 5 aromatic rings. The molecule has 1 aliphatic heterocycles. The molecule has 36 heavy (non-hydrogen) atoms. The van der Waals surface area contributed by atoms with Crippen molar-refractivity contribution in [1.29, 1.82) is 0 Å². The van der Waals surface area contributed by atoms with Crippen molar-refractivity contribution in [2.24, 2.45) is 5.41 Å². The van der Waals surface area contributed by atoms with Crippen LogP contribution in [0.3, 0.4) is 0 Å². The standard InChI is InChI=1S/C27H22F3N5S/c28-27(29,30)23-20(6-3-11-31-23)36-21-7-8-22-33-24(19-16-32-25(21)35(19)22)34-12-9-26(10-13-34)14-17-4-1-2-5-18(17)15-26/h1-8,11,16H,9-10,12-15H2. The molecule has 5 heterocycles. The lowest BCUT2D eigenvalue weighted by atomic mass is 9.76. The molecule has 0 amide bonds. The number of halogens is 3. The number of hydrogen-bond donors (Lipinski definition) is 0. The van der Waals surface area contributed by atoms with Crippen molar-refractivity contribution in [2.45, 2.75) is 41.7 Å². The van der Waals surface area contributed by atoms with Gasteiger partial charge in [-0.2, -0.15) is 13.2 Å². The molecule has 0 atom stereocenters. The largest absolute Gasteiger partial charge is 0.434 e. The van der Waals surface area contributed by atoms with Gasteiger partial charge in [0, 0.05) is 24.2 Å². The van der Waals surface area contributed by atoms with Crippen LogP contribution in [0.25, 0.3) is 16.8 Å². The molecule has 0 radical (unpaired) electrons. The van der Waals surface area contributed by atoms with Gasteiger partial charge in [0.25, 0.3) is 0 Å². The fourth-order valence-electron chi connectivity index (χ4n) is 5.90. The van der Waals surface area contributed by atoms with Crippen LogP contribution in [-0.2, 0) is 19.0 Å². The maximum Gasteiger partial charge on any atom is 0.434 e. The Balaban J connectivity index is 1.17. The molecule has 182 valence electrons. The lowest BCUT2D eigenvalue weighted by molar-refractivity contribution is -0.143. The number of pyridine rings is 2. The van der Waals surface area contributed by atoms with Crippen LogP contribution in [0.1, 0.15) is 29.7 Å². The average Bonchev–Trinajstić information content (AvgIpc) is 3.56. The number of anilines is 1. The van der Waals surface area contributed by atoms with Crippen molar-refractivity contribution in [2.75, 3.05) is 18.0 Å². The van der Waals surface area contributed by atoms with Gasteiger partial charge in [0.2, 0.25) is 0 Å². The predicted octanol–water partition coefficient (Wildman–Crippen LogP) is 6.27. The Morgan fingerprint density at radius 3 is 2.33 bits per heavy atom. The minimum Gasteiger partial charge on any atom is -0.355 e. The summed E-state index contributed by atoms with van der Waals surface area (Å²) in [6.45, 7) is 1.86. The number of piperidine rings is 1. The number of alkyl halides is 3. The van der Waals surface area contributed by atoms with Gasteiger partial charge >= 0.3 is 6.18 Å². The van der Waals surface area contributed by atoms with Gasteiger partial charge < -0.3 is 4.90 Å². The molecular formula is C27H22F3N5S. The van der Waals surface area contributed by atoms with E-state index in [9.17, 15) is 13.2 Å². The smallest absolute Gasteiger partial charge is 0.355 e. The van der Waals surface area contributed by atoms with Crippen LogP contribution in [0.4, 0.5) is 19.0 Å². The molecule has 0 saturated carbocycles. The summed E-state index contributed by atoms with van der Waals surface area (Å²) >= 11 is 1.03. The first-order valence-electron chi connectivity index (χ1n) is 12.0. The molecule has 4 aromatic heterocycles. The highest BCUT2D eigenvalue weighted by Crippen LogP contribution is 2.46. The lowest BCUT2D eigenvalue weighted by Crippen LogP contribution is -2.40. The summed E-state index contributed by atoms with van der Waals surface area (Å²) in [6, 6.07) is 15.4. The monoisotopic (exact) mass is 505 g/mol. The first-order chi connectivity index (χ1) is 17.4. The molecule has 1 spiro atoms. The first-order valence-corrected chi connectivity index (χ1v) is 12.8. The summed E-state index contributed by atoms with van der Waals surface area (Å²) in [4.78, 5) is 16.1. The maximum atomic E-state index is 13.5. The molecule has 1 saturated heterocycles. The minimum atomic E-state index is -4.52. The minimum absolute atomic E-state index is 0.0588. The van der Waals surface area contributed by atoms with Crippen LogP contribution in [-0.4, -0.2) is 32.4 Å². The van der Waals surface area contributed by atoms with E-state index in [4.69, 9.17) is 4.98 Å². The zero-order valence-electron chi connectivity index (χ0n) is 19.3. The molecule has 0 bridgehead atoms. The SMILES string of the molecule is FC(F)(F)c1ncccc1Sc1ccc2nc(N3CCC4(CC3)Cc3ccccc3C4)c3cnc1n23. The summed E-state index contributed by atoms with van der Waals surface area (Å²) in [5.74, 6) is 0.905. The van der Waals surface area contributed by atoms with Crippen LogP contribution in [0.2, 0.25) is 0 Å². The van der Waals surface area contributed by atoms with E-state index in [0.29, 0.717) is 16.0 Å². The van der Waals surface area contributed by atoms with E-state index in [1.165, 1.54) is 29.5 Å². The van der Waals surface area contributed by atoms with E-state index < -0.39 is 11.9 Å². The molecular weight excluding hydrogens is 483 g/mol. The Hall–Kier alpha value is -3.33. The van der Waals surface area contributed by atoms with E-state index in [0.717, 1.165) is 67.5 Å². The third-order valence-electron chi connectivity index (χ3n) is 7.68. The van der Waals surface area contributed by atoms with Crippen molar-refractivity contribution >= 4 is 34.4 Å². The van der Waals surface area contributed by atoms with Crippen LogP contribution in [0, 0.1) is 5.41 Å². The Bertz CT molecular complexity index is 1560. The fraction of sp³-hybridized carbons (Fsp3) is 0.296. The molecule has 1 fully saturated rings. The Labute approximate surface area is 209 Å². The maximum absolute atomic E-state index is 13.5. The number of rotatable bonds is 3. The van der Waals surface area contributed by atoms with Gasteiger partial charge in [-0.1, -0.05) is 36.0 Å². The van der Waals surface area contributed by atoms with Crippen molar-refractivity contribution in [3.05, 3.63) is 77.7 Å². The second-order valence-electron chi connectivity index (χ2n) is 9.85. The van der Waals surface area contributed by atoms with Gasteiger partial charge in [0.15, 0.2) is 17.2 Å². The predicted molar refractivity (Wildman–Crippen MR) is 133 cm³/mol. The van der Waals surface area contributed by atoms with Gasteiger partial charge in [0.1, 0.15) is 11.2 Å². The third kappa shape index (κ3) is 3.43. The van der Waals surface area contributed by atoms with Crippen LogP contribution in [0.5, 0.6) is 0 Å². The number of hydrogen-bond acceptors (Lipinski definition) is 5. The van der Waals surface area contributed by atoms with E-state index in [-0.39, 0.29) is 4.90 Å². The molecule has 1 aliphatic carbocycles. The summed E-state index contributed by atoms with van der Waals surface area (Å²) in [6.07, 6.45) is 2.96. The second-order valence-corrected chi connectivity index (χ2v) is 10.9. The topological polar surface area (TPSA) is 46.3 Å². The highest BCUT2D eigenvalue weighted by atomic mass is 32.2. The zero-order chi connectivity index (χ0) is 24.5. The van der Waals surface area contributed by atoms with Crippen molar-refractivity contribution < 1.29 is 13.2 Å². The number of aromatic nitrogens is 4. The van der Waals surface area contributed by atoms with E-state index in [2.05, 4.69) is 39.1 Å². The Morgan fingerprint density at radius 1 is 0.861 bits per heavy atom. The van der Waals surface area contributed by atoms with Gasteiger partial charge in [-0.15, -0.1) is 0 Å². The van der Waals surface area contributed by atoms with Gasteiger partial charge in [-0.3, -0.25) is 9.38 Å². The van der Waals surface area contributed by atoms with E-state index >= 15 is 0 Å². The number of imidazole rings is 2. The van der Waals surface area contributed by atoms with Crippen molar-refractivity contribution in [1.82, 2.24) is 19.4 Å². The second kappa shape index (κ2) is 7.83. The molecule has 9 heteroatoms. The van der Waals surface area contributed by atoms with Gasteiger partial charge in [0.05, 0.1) is 11.1 Å². The van der Waals surface area contributed by atoms with E-state index in [1.54, 1.807) is 12.3 Å². The van der Waals surface area contributed by atoms with Crippen molar-refractivity contribution in [3.63, 3.8) is 0 Å². The average molecular weight is 506 g/mol. The zero-order valence-corrected chi connectivity index (χ0v) is 20.1. The molecule has 5 nitrogen and oxygen atoms in total. The van der Waals surface area contributed by atoms with Gasteiger partial charge in [-0.25, -0.2) is 9.97 Å². The molecule has 7 rings (SSSR count). The summed E-state index contributed by atoms with van der Waals surface area (Å²) in [7, 11) is 0. The lowest BCUT2D eigenvalue weighted by Gasteiger charge is -2.39. The van der Waals surface area contributed by atoms with Crippen molar-refractivity contribution in [3.8, 4) is 0 Å². The fourth-order valence-corrected chi connectivity index (χ4v) is 6.92. The van der Waals surface area contributed by atoms with Gasteiger partial charge in [-0.05, 0) is 66.5 Å². The van der Waals surface area contributed by atoms with Crippen LogP contribution in [0.15, 0.2) is 70.7 Å². The first kappa shape index (κ1) is 21.9. The Kier molecular flexibility index (Phi) is 4.77. The summed E-state index contributed by atoms with van der Waals surface area (Å²) in [5.41, 5.74) is 4.70. The van der Waals surface area contributed by atoms with Crippen LogP contribution >= 0.6 is 11.8 Å². The highest BCUT2D eigenvalue weighted by Gasteiger charge is 2.40. The third-order valence-corrected chi connectivity index (χ3v) is 8.76. The molecule has 1 aromatic carbocycles. The Morgan fingerprint density at radius 2 is 1.61 bits per heavy atom. The highest BCUT2D eigenvalue weighted by molar-refractivity contribution is 7.99. The normalized spacial score (nSPS) is 17.5.